The molecule has 1 heterocycles. The minimum Gasteiger partial charge on any atom is -0.463 e. The van der Waals surface area contributed by atoms with E-state index in [1.54, 1.807) is 0 Å². The molecule has 0 radical (unpaired) electrons. The number of pyridine rings is 1. The highest BCUT2D eigenvalue weighted by molar-refractivity contribution is 9.10. The summed E-state index contributed by atoms with van der Waals surface area (Å²) in [6.07, 6.45) is 0.746. The lowest BCUT2D eigenvalue weighted by Crippen LogP contribution is -2.31. The largest absolute Gasteiger partial charge is 0.463 e. The van der Waals surface area contributed by atoms with Gasteiger partial charge in [-0.1, -0.05) is 0 Å². The van der Waals surface area contributed by atoms with Crippen LogP contribution in [-0.2, 0) is 20.7 Å². The van der Waals surface area contributed by atoms with Crippen LogP contribution in [0.25, 0.3) is 10.9 Å². The first-order valence-corrected chi connectivity index (χ1v) is 10.1. The van der Waals surface area contributed by atoms with E-state index in [9.17, 15) is 4.79 Å². The zero-order chi connectivity index (χ0) is 20.4. The summed E-state index contributed by atoms with van der Waals surface area (Å²) in [6.45, 7) is 14.4. The molecule has 0 fully saturated rings. The van der Waals surface area contributed by atoms with Gasteiger partial charge in [0.1, 0.15) is 6.61 Å². The van der Waals surface area contributed by atoms with Gasteiger partial charge in [0.05, 0.1) is 23.1 Å². The van der Waals surface area contributed by atoms with Gasteiger partial charge in [-0.05, 0) is 93.7 Å². The number of aromatic nitrogens is 1. The van der Waals surface area contributed by atoms with Gasteiger partial charge in [-0.3, -0.25) is 9.78 Å². The number of carbonyl (C=O) groups excluding carboxylic acids is 1. The van der Waals surface area contributed by atoms with Crippen molar-refractivity contribution in [2.75, 3.05) is 13.2 Å². The third-order valence-electron chi connectivity index (χ3n) is 4.42. The van der Waals surface area contributed by atoms with Gasteiger partial charge >= 0.3 is 5.97 Å². The molecule has 0 saturated heterocycles. The fourth-order valence-corrected chi connectivity index (χ4v) is 3.65. The standard InChI is InChI=1S/C22H30BrNO3/c1-14-12-18-16(9-8-15(2)24-18)19(23)17(14)13-22(6,7)27-11-10-26-20(25)21(3,4)5/h8-9,12H,10-11,13H2,1-7H3. The van der Waals surface area contributed by atoms with Crippen LogP contribution in [0.2, 0.25) is 0 Å². The van der Waals surface area contributed by atoms with Crippen LogP contribution in [0.4, 0.5) is 0 Å². The zero-order valence-corrected chi connectivity index (χ0v) is 19.0. The van der Waals surface area contributed by atoms with Gasteiger partial charge in [-0.25, -0.2) is 0 Å². The van der Waals surface area contributed by atoms with E-state index in [0.717, 1.165) is 27.5 Å². The first-order valence-electron chi connectivity index (χ1n) is 9.27. The van der Waals surface area contributed by atoms with E-state index in [0.29, 0.717) is 6.61 Å². The van der Waals surface area contributed by atoms with Crippen LogP contribution in [-0.4, -0.2) is 29.8 Å². The highest BCUT2D eigenvalue weighted by Crippen LogP contribution is 2.33. The van der Waals surface area contributed by atoms with E-state index in [1.165, 1.54) is 11.1 Å². The van der Waals surface area contributed by atoms with Crippen LogP contribution in [0.15, 0.2) is 22.7 Å². The Morgan fingerprint density at radius 2 is 1.78 bits per heavy atom. The first-order chi connectivity index (χ1) is 12.4. The summed E-state index contributed by atoms with van der Waals surface area (Å²) in [5.74, 6) is -0.209. The molecular weight excluding hydrogens is 406 g/mol. The summed E-state index contributed by atoms with van der Waals surface area (Å²) in [5.41, 5.74) is 3.53. The Morgan fingerprint density at radius 3 is 2.41 bits per heavy atom. The molecule has 2 aromatic rings. The van der Waals surface area contributed by atoms with E-state index in [-0.39, 0.29) is 18.2 Å². The second kappa shape index (κ2) is 8.27. The zero-order valence-electron chi connectivity index (χ0n) is 17.4. The van der Waals surface area contributed by atoms with Gasteiger partial charge < -0.3 is 9.47 Å². The number of fused-ring (bicyclic) bond motifs is 1. The second-order valence-electron chi connectivity index (χ2n) is 8.68. The van der Waals surface area contributed by atoms with Crippen molar-refractivity contribution in [1.29, 1.82) is 0 Å². The first kappa shape index (κ1) is 21.8. The predicted molar refractivity (Wildman–Crippen MR) is 113 cm³/mol. The Morgan fingerprint density at radius 1 is 1.11 bits per heavy atom. The van der Waals surface area contributed by atoms with Gasteiger partial charge in [-0.2, -0.15) is 0 Å². The Hall–Kier alpha value is -1.46. The molecule has 0 amide bonds. The minimum atomic E-state index is -0.491. The van der Waals surface area contributed by atoms with Crippen molar-refractivity contribution < 1.29 is 14.3 Å². The lowest BCUT2D eigenvalue weighted by molar-refractivity contribution is -0.156. The van der Waals surface area contributed by atoms with E-state index in [2.05, 4.69) is 53.8 Å². The van der Waals surface area contributed by atoms with Crippen LogP contribution < -0.4 is 0 Å². The molecule has 0 spiro atoms. The lowest BCUT2D eigenvalue weighted by Gasteiger charge is -2.27. The molecule has 0 aliphatic heterocycles. The fourth-order valence-electron chi connectivity index (χ4n) is 2.86. The number of hydrogen-bond acceptors (Lipinski definition) is 4. The molecule has 0 unspecified atom stereocenters. The topological polar surface area (TPSA) is 48.4 Å². The van der Waals surface area contributed by atoms with Crippen LogP contribution in [0.1, 0.15) is 51.4 Å². The minimum absolute atomic E-state index is 0.209. The van der Waals surface area contributed by atoms with Crippen LogP contribution in [0.3, 0.4) is 0 Å². The van der Waals surface area contributed by atoms with E-state index in [4.69, 9.17) is 9.47 Å². The molecule has 0 atom stereocenters. The molecule has 148 valence electrons. The van der Waals surface area contributed by atoms with Crippen molar-refractivity contribution in [2.45, 2.75) is 60.5 Å². The van der Waals surface area contributed by atoms with Crippen molar-refractivity contribution in [3.8, 4) is 0 Å². The molecule has 0 bridgehead atoms. The summed E-state index contributed by atoms with van der Waals surface area (Å²) >= 11 is 3.77. The quantitative estimate of drug-likeness (QED) is 0.441. The molecule has 27 heavy (non-hydrogen) atoms. The summed E-state index contributed by atoms with van der Waals surface area (Å²) in [7, 11) is 0. The molecule has 2 rings (SSSR count). The number of nitrogens with zero attached hydrogens (tertiary/aromatic N) is 1. The number of benzene rings is 1. The molecule has 0 saturated carbocycles. The van der Waals surface area contributed by atoms with Crippen LogP contribution in [0.5, 0.6) is 0 Å². The third kappa shape index (κ3) is 5.76. The summed E-state index contributed by atoms with van der Waals surface area (Å²) in [4.78, 5) is 16.5. The van der Waals surface area contributed by atoms with E-state index < -0.39 is 5.41 Å². The third-order valence-corrected chi connectivity index (χ3v) is 5.32. The van der Waals surface area contributed by atoms with Crippen molar-refractivity contribution in [3.63, 3.8) is 0 Å². The van der Waals surface area contributed by atoms with Gasteiger partial charge in [0.25, 0.3) is 0 Å². The Bertz CT molecular complexity index is 838. The predicted octanol–water partition coefficient (Wildman–Crippen LogP) is 5.54. The molecular formula is C22H30BrNO3. The second-order valence-corrected chi connectivity index (χ2v) is 9.47. The Labute approximate surface area is 170 Å². The van der Waals surface area contributed by atoms with Crippen molar-refractivity contribution in [3.05, 3.63) is 39.5 Å². The summed E-state index contributed by atoms with van der Waals surface area (Å²) in [5, 5.41) is 1.11. The molecule has 4 nitrogen and oxygen atoms in total. The maximum absolute atomic E-state index is 11.8. The maximum Gasteiger partial charge on any atom is 0.311 e. The van der Waals surface area contributed by atoms with Gasteiger partial charge in [-0.15, -0.1) is 0 Å². The summed E-state index contributed by atoms with van der Waals surface area (Å²) < 4.78 is 12.4. The fraction of sp³-hybridized carbons (Fsp3) is 0.545. The van der Waals surface area contributed by atoms with Gasteiger partial charge in [0, 0.05) is 22.0 Å². The van der Waals surface area contributed by atoms with E-state index >= 15 is 0 Å². The number of ether oxygens (including phenoxy) is 2. The average Bonchev–Trinajstić information content (AvgIpc) is 2.54. The van der Waals surface area contributed by atoms with E-state index in [1.807, 2.05) is 33.8 Å². The lowest BCUT2D eigenvalue weighted by atomic mass is 9.93. The van der Waals surface area contributed by atoms with Crippen LogP contribution in [0, 0.1) is 19.3 Å². The normalized spacial score (nSPS) is 12.4. The summed E-state index contributed by atoms with van der Waals surface area (Å²) in [6, 6.07) is 6.26. The van der Waals surface area contributed by atoms with Crippen LogP contribution >= 0.6 is 15.9 Å². The van der Waals surface area contributed by atoms with Crippen molar-refractivity contribution in [2.24, 2.45) is 5.41 Å². The molecule has 0 N–H and O–H groups in total. The number of aryl methyl sites for hydroxylation is 2. The van der Waals surface area contributed by atoms with Gasteiger partial charge in [0.2, 0.25) is 0 Å². The Balaban J connectivity index is 2.06. The SMILES string of the molecule is Cc1ccc2c(Br)c(CC(C)(C)OCCOC(=O)C(C)(C)C)c(C)cc2n1. The smallest absolute Gasteiger partial charge is 0.311 e. The van der Waals surface area contributed by atoms with Crippen molar-refractivity contribution >= 4 is 32.8 Å². The van der Waals surface area contributed by atoms with Gasteiger partial charge in [0.15, 0.2) is 0 Å². The Kier molecular flexibility index (Phi) is 6.69. The number of hydrogen-bond donors (Lipinski definition) is 0. The molecule has 1 aromatic carbocycles. The number of rotatable bonds is 6. The average molecular weight is 436 g/mol. The van der Waals surface area contributed by atoms with Crippen molar-refractivity contribution in [1.82, 2.24) is 4.98 Å². The number of carbonyl (C=O) groups is 1. The highest BCUT2D eigenvalue weighted by Gasteiger charge is 2.25. The number of halogens is 1. The molecule has 0 aliphatic rings. The number of esters is 1. The highest BCUT2D eigenvalue weighted by atomic mass is 79.9. The molecule has 0 aliphatic carbocycles. The molecule has 5 heteroatoms. The maximum atomic E-state index is 11.8. The monoisotopic (exact) mass is 435 g/mol. The molecule has 1 aromatic heterocycles.